The molecule has 1 aromatic carbocycles. The van der Waals surface area contributed by atoms with Gasteiger partial charge in [-0.3, -0.25) is 0 Å². The summed E-state index contributed by atoms with van der Waals surface area (Å²) in [6.07, 6.45) is 4.45. The summed E-state index contributed by atoms with van der Waals surface area (Å²) >= 11 is 11.1. The van der Waals surface area contributed by atoms with Crippen LogP contribution < -0.4 is 5.73 Å². The predicted octanol–water partition coefficient (Wildman–Crippen LogP) is 3.04. The Kier molecular flexibility index (Phi) is 2.84. The molecule has 5 heteroatoms. The fourth-order valence-corrected chi connectivity index (χ4v) is 2.44. The summed E-state index contributed by atoms with van der Waals surface area (Å²) < 4.78 is 1.84. The van der Waals surface area contributed by atoms with E-state index >= 15 is 0 Å². The average Bonchev–Trinajstić information content (AvgIpc) is 3.06. The summed E-state index contributed by atoms with van der Waals surface area (Å²) in [5, 5.41) is 5.11. The highest BCUT2D eigenvalue weighted by atomic mass is 35.5. The minimum atomic E-state index is 0.311. The van der Waals surface area contributed by atoms with Crippen LogP contribution in [-0.4, -0.2) is 14.8 Å². The molecule has 18 heavy (non-hydrogen) atoms. The van der Waals surface area contributed by atoms with Gasteiger partial charge >= 0.3 is 0 Å². The number of nitrogens with two attached hydrogens (primary N) is 1. The van der Waals surface area contributed by atoms with Gasteiger partial charge in [0.25, 0.3) is 0 Å². The van der Waals surface area contributed by atoms with Gasteiger partial charge in [-0.15, -0.1) is 0 Å². The first-order valence-electron chi connectivity index (χ1n) is 5.80. The van der Waals surface area contributed by atoms with Crippen LogP contribution in [0, 0.1) is 0 Å². The van der Waals surface area contributed by atoms with Crippen molar-refractivity contribution in [2.75, 3.05) is 0 Å². The highest BCUT2D eigenvalue weighted by Gasteiger charge is 2.25. The van der Waals surface area contributed by atoms with Crippen molar-refractivity contribution in [1.82, 2.24) is 9.78 Å². The Bertz CT molecular complexity index is 616. The molecule has 1 aliphatic carbocycles. The quantitative estimate of drug-likeness (QED) is 0.877. The van der Waals surface area contributed by atoms with E-state index in [0.29, 0.717) is 21.5 Å². The van der Waals surface area contributed by atoms with Gasteiger partial charge in [0.2, 0.25) is 0 Å². The zero-order valence-electron chi connectivity index (χ0n) is 9.64. The van der Waals surface area contributed by atoms with Crippen molar-refractivity contribution in [3.05, 3.63) is 46.7 Å². The fourth-order valence-electron chi connectivity index (χ4n) is 1.93. The van der Waals surface area contributed by atoms with E-state index in [2.05, 4.69) is 11.2 Å². The summed E-state index contributed by atoms with van der Waals surface area (Å²) in [4.78, 5) is 0.311. The molecule has 1 fully saturated rings. The number of rotatable bonds is 3. The normalized spacial score (nSPS) is 14.7. The maximum absolute atomic E-state index is 6.15. The molecule has 0 radical (unpaired) electrons. The smallest absolute Gasteiger partial charge is 0.105 e. The second-order valence-corrected chi connectivity index (χ2v) is 5.33. The van der Waals surface area contributed by atoms with Crippen LogP contribution >= 0.6 is 23.8 Å². The Morgan fingerprint density at radius 2 is 2.17 bits per heavy atom. The summed E-state index contributed by atoms with van der Waals surface area (Å²) in [6, 6.07) is 7.65. The lowest BCUT2D eigenvalue weighted by Gasteiger charge is -2.06. The Labute approximate surface area is 116 Å². The number of nitrogens with zero attached hydrogens (tertiary/aromatic N) is 2. The first-order valence-corrected chi connectivity index (χ1v) is 6.59. The van der Waals surface area contributed by atoms with Gasteiger partial charge < -0.3 is 5.73 Å². The minimum Gasteiger partial charge on any atom is -0.389 e. The molecule has 3 rings (SSSR count). The molecule has 1 aliphatic rings. The third-order valence-electron chi connectivity index (χ3n) is 3.09. The highest BCUT2D eigenvalue weighted by molar-refractivity contribution is 7.80. The van der Waals surface area contributed by atoms with Crippen LogP contribution in [0.5, 0.6) is 0 Å². The van der Waals surface area contributed by atoms with Crippen LogP contribution in [0.4, 0.5) is 0 Å². The monoisotopic (exact) mass is 277 g/mol. The Balaban J connectivity index is 1.95. The second-order valence-electron chi connectivity index (χ2n) is 4.49. The molecule has 2 aromatic rings. The lowest BCUT2D eigenvalue weighted by Crippen LogP contribution is -2.10. The van der Waals surface area contributed by atoms with Crippen LogP contribution in [0.25, 0.3) is 5.69 Å². The van der Waals surface area contributed by atoms with E-state index in [0.717, 1.165) is 11.4 Å². The highest BCUT2D eigenvalue weighted by Crippen LogP contribution is 2.39. The van der Waals surface area contributed by atoms with Gasteiger partial charge in [-0.05, 0) is 37.1 Å². The Morgan fingerprint density at radius 1 is 1.39 bits per heavy atom. The zero-order chi connectivity index (χ0) is 12.7. The van der Waals surface area contributed by atoms with Crippen LogP contribution in [0.15, 0.2) is 30.5 Å². The molecule has 3 nitrogen and oxygen atoms in total. The lowest BCUT2D eigenvalue weighted by atomic mass is 10.2. The van der Waals surface area contributed by atoms with E-state index in [4.69, 9.17) is 29.6 Å². The molecule has 0 bridgehead atoms. The van der Waals surface area contributed by atoms with Crippen molar-refractivity contribution in [2.24, 2.45) is 5.73 Å². The largest absolute Gasteiger partial charge is 0.389 e. The van der Waals surface area contributed by atoms with Crippen molar-refractivity contribution < 1.29 is 0 Å². The van der Waals surface area contributed by atoms with Gasteiger partial charge in [0.1, 0.15) is 4.99 Å². The minimum absolute atomic E-state index is 0.311. The molecule has 0 saturated heterocycles. The zero-order valence-corrected chi connectivity index (χ0v) is 11.2. The average molecular weight is 278 g/mol. The van der Waals surface area contributed by atoms with Gasteiger partial charge in [-0.1, -0.05) is 23.8 Å². The maximum Gasteiger partial charge on any atom is 0.105 e. The van der Waals surface area contributed by atoms with Crippen molar-refractivity contribution >= 4 is 28.8 Å². The molecule has 0 unspecified atom stereocenters. The third kappa shape index (κ3) is 2.13. The number of hydrogen-bond acceptors (Lipinski definition) is 2. The van der Waals surface area contributed by atoms with Crippen LogP contribution in [-0.2, 0) is 0 Å². The number of benzene rings is 1. The molecule has 0 aliphatic heterocycles. The molecule has 92 valence electrons. The van der Waals surface area contributed by atoms with Gasteiger partial charge in [0.15, 0.2) is 0 Å². The maximum atomic E-state index is 6.15. The summed E-state index contributed by atoms with van der Waals surface area (Å²) in [5.41, 5.74) is 8.36. The summed E-state index contributed by atoms with van der Waals surface area (Å²) in [7, 11) is 0. The van der Waals surface area contributed by atoms with E-state index in [-0.39, 0.29) is 0 Å². The van der Waals surface area contributed by atoms with Gasteiger partial charge in [0.05, 0.1) is 16.4 Å². The number of aromatic nitrogens is 2. The number of hydrogen-bond donors (Lipinski definition) is 1. The van der Waals surface area contributed by atoms with Crippen molar-refractivity contribution in [3.8, 4) is 5.69 Å². The van der Waals surface area contributed by atoms with Gasteiger partial charge in [-0.2, -0.15) is 5.10 Å². The van der Waals surface area contributed by atoms with Crippen molar-refractivity contribution in [2.45, 2.75) is 18.8 Å². The van der Waals surface area contributed by atoms with E-state index in [1.807, 2.05) is 29.1 Å². The Morgan fingerprint density at radius 3 is 2.78 bits per heavy atom. The first kappa shape index (κ1) is 11.7. The van der Waals surface area contributed by atoms with Crippen LogP contribution in [0.3, 0.4) is 0 Å². The topological polar surface area (TPSA) is 43.8 Å². The van der Waals surface area contributed by atoms with E-state index in [9.17, 15) is 0 Å². The summed E-state index contributed by atoms with van der Waals surface area (Å²) in [6.45, 7) is 0. The number of thiocarbonyl (C=S) groups is 1. The molecule has 0 atom stereocenters. The Hall–Kier alpha value is -1.39. The predicted molar refractivity (Wildman–Crippen MR) is 76.4 cm³/mol. The van der Waals surface area contributed by atoms with Gasteiger partial charge in [0, 0.05) is 17.7 Å². The molecule has 0 amide bonds. The van der Waals surface area contributed by atoms with E-state index < -0.39 is 0 Å². The van der Waals surface area contributed by atoms with Crippen molar-refractivity contribution in [1.29, 1.82) is 0 Å². The van der Waals surface area contributed by atoms with Crippen LogP contribution in [0.1, 0.15) is 30.0 Å². The lowest BCUT2D eigenvalue weighted by molar-refractivity contribution is 0.837. The second kappa shape index (κ2) is 4.37. The van der Waals surface area contributed by atoms with Crippen LogP contribution in [0.2, 0.25) is 5.02 Å². The summed E-state index contributed by atoms with van der Waals surface area (Å²) in [5.74, 6) is 0.651. The molecule has 0 spiro atoms. The molecule has 1 aromatic heterocycles. The molecular formula is C13H12ClN3S. The SMILES string of the molecule is NC(=S)c1ccc(-n2ccc(C3CC3)n2)cc1Cl. The fraction of sp³-hybridized carbons (Fsp3) is 0.231. The molecule has 2 N–H and O–H groups in total. The molecular weight excluding hydrogens is 266 g/mol. The van der Waals surface area contributed by atoms with E-state index in [1.165, 1.54) is 12.8 Å². The molecule has 1 saturated carbocycles. The standard InChI is InChI=1S/C13H12ClN3S/c14-11-7-9(3-4-10(11)13(15)18)17-6-5-12(16-17)8-1-2-8/h3-8H,1-2H2,(H2,15,18). The molecule has 1 heterocycles. The number of halogens is 1. The van der Waals surface area contributed by atoms with Crippen molar-refractivity contribution in [3.63, 3.8) is 0 Å². The first-order chi connectivity index (χ1) is 8.65. The van der Waals surface area contributed by atoms with E-state index in [1.54, 1.807) is 0 Å². The third-order valence-corrected chi connectivity index (χ3v) is 3.62. The van der Waals surface area contributed by atoms with Gasteiger partial charge in [-0.25, -0.2) is 4.68 Å².